The van der Waals surface area contributed by atoms with Crippen LogP contribution in [0.2, 0.25) is 5.02 Å². The van der Waals surface area contributed by atoms with Crippen molar-refractivity contribution in [3.63, 3.8) is 0 Å². The summed E-state index contributed by atoms with van der Waals surface area (Å²) in [5.74, 6) is 0. The molecule has 0 bridgehead atoms. The molecule has 2 nitrogen and oxygen atoms in total. The molecule has 1 aliphatic heterocycles. The van der Waals surface area contributed by atoms with Gasteiger partial charge in [0.25, 0.3) is 0 Å². The zero-order valence-electron chi connectivity index (χ0n) is 9.50. The van der Waals surface area contributed by atoms with Gasteiger partial charge in [-0.3, -0.25) is 0 Å². The van der Waals surface area contributed by atoms with E-state index < -0.39 is 0 Å². The fourth-order valence-corrected chi connectivity index (χ4v) is 2.84. The van der Waals surface area contributed by atoms with Gasteiger partial charge in [0.05, 0.1) is 23.5 Å². The van der Waals surface area contributed by atoms with Crippen molar-refractivity contribution < 1.29 is 4.74 Å². The Labute approximate surface area is 106 Å². The first kappa shape index (κ1) is 12.2. The number of hydrogen-bond acceptors (Lipinski definition) is 3. The van der Waals surface area contributed by atoms with Gasteiger partial charge >= 0.3 is 0 Å². The lowest BCUT2D eigenvalue weighted by atomic mass is 10.1. The van der Waals surface area contributed by atoms with Gasteiger partial charge in [-0.2, -0.15) is 0 Å². The third-order valence-electron chi connectivity index (χ3n) is 2.79. The van der Waals surface area contributed by atoms with Crippen LogP contribution in [0.25, 0.3) is 0 Å². The first-order chi connectivity index (χ1) is 7.70. The van der Waals surface area contributed by atoms with Crippen molar-refractivity contribution in [2.75, 3.05) is 20.3 Å². The molecule has 4 heteroatoms. The molecule has 1 heterocycles. The average molecular weight is 258 g/mol. The molecule has 1 atom stereocenters. The van der Waals surface area contributed by atoms with E-state index >= 15 is 0 Å². The fourth-order valence-electron chi connectivity index (χ4n) is 1.51. The molecule has 1 unspecified atom stereocenters. The smallest absolute Gasteiger partial charge is 0.0611 e. The Morgan fingerprint density at radius 1 is 1.50 bits per heavy atom. The number of nitrogens with one attached hydrogen (secondary N) is 1. The van der Waals surface area contributed by atoms with Gasteiger partial charge in [0, 0.05) is 10.9 Å². The summed E-state index contributed by atoms with van der Waals surface area (Å²) in [6.07, 6.45) is 0. The highest BCUT2D eigenvalue weighted by Gasteiger charge is 2.20. The predicted octanol–water partition coefficient (Wildman–Crippen LogP) is 3.11. The van der Waals surface area contributed by atoms with Crippen LogP contribution < -0.4 is 5.32 Å². The molecule has 1 aromatic rings. The third-order valence-corrected chi connectivity index (χ3v) is 4.43. The van der Waals surface area contributed by atoms with Crippen molar-refractivity contribution >= 4 is 23.4 Å². The summed E-state index contributed by atoms with van der Waals surface area (Å²) >= 11 is 8.07. The van der Waals surface area contributed by atoms with Gasteiger partial charge in [0.1, 0.15) is 0 Å². The number of rotatable bonds is 4. The van der Waals surface area contributed by atoms with Crippen molar-refractivity contribution in [2.45, 2.75) is 23.1 Å². The van der Waals surface area contributed by atoms with Gasteiger partial charge in [0.15, 0.2) is 0 Å². The molecule has 1 N–H and O–H groups in total. The minimum atomic E-state index is 0.337. The molecule has 1 saturated heterocycles. The summed E-state index contributed by atoms with van der Waals surface area (Å²) in [7, 11) is 1.95. The lowest BCUT2D eigenvalue weighted by Gasteiger charge is -2.25. The van der Waals surface area contributed by atoms with E-state index in [2.05, 4.69) is 24.4 Å². The van der Waals surface area contributed by atoms with Crippen molar-refractivity contribution in [1.29, 1.82) is 0 Å². The van der Waals surface area contributed by atoms with E-state index in [9.17, 15) is 0 Å². The lowest BCUT2D eigenvalue weighted by Crippen LogP contribution is -2.30. The molecule has 1 fully saturated rings. The Morgan fingerprint density at radius 3 is 2.75 bits per heavy atom. The van der Waals surface area contributed by atoms with Gasteiger partial charge < -0.3 is 10.1 Å². The summed E-state index contributed by atoms with van der Waals surface area (Å²) in [4.78, 5) is 1.15. The number of halogens is 1. The zero-order chi connectivity index (χ0) is 11.5. The van der Waals surface area contributed by atoms with Crippen LogP contribution in [0.4, 0.5) is 0 Å². The van der Waals surface area contributed by atoms with E-state index in [1.165, 1.54) is 5.56 Å². The Morgan fingerprint density at radius 2 is 2.25 bits per heavy atom. The summed E-state index contributed by atoms with van der Waals surface area (Å²) in [5.41, 5.74) is 1.22. The second-order valence-corrected chi connectivity index (χ2v) is 5.73. The molecule has 0 aliphatic carbocycles. The Kier molecular flexibility index (Phi) is 4.14. The average Bonchev–Trinajstić information content (AvgIpc) is 2.23. The van der Waals surface area contributed by atoms with Gasteiger partial charge in [-0.05, 0) is 31.7 Å². The molecule has 1 aliphatic rings. The Bertz CT molecular complexity index is 368. The summed E-state index contributed by atoms with van der Waals surface area (Å²) in [6, 6.07) is 6.62. The van der Waals surface area contributed by atoms with Gasteiger partial charge in [-0.25, -0.2) is 0 Å². The second kappa shape index (κ2) is 5.41. The maximum Gasteiger partial charge on any atom is 0.0611 e. The van der Waals surface area contributed by atoms with Crippen LogP contribution >= 0.6 is 23.4 Å². The van der Waals surface area contributed by atoms with Gasteiger partial charge in [-0.1, -0.05) is 17.7 Å². The molecule has 0 radical (unpaired) electrons. The van der Waals surface area contributed by atoms with Crippen LogP contribution in [0.5, 0.6) is 0 Å². The minimum absolute atomic E-state index is 0.337. The number of hydrogen-bond donors (Lipinski definition) is 1. The van der Waals surface area contributed by atoms with E-state index in [0.717, 1.165) is 23.1 Å². The van der Waals surface area contributed by atoms with Crippen molar-refractivity contribution in [2.24, 2.45) is 0 Å². The monoisotopic (exact) mass is 257 g/mol. The van der Waals surface area contributed by atoms with Crippen LogP contribution in [0.1, 0.15) is 18.5 Å². The third kappa shape index (κ3) is 2.72. The molecule has 1 aromatic carbocycles. The predicted molar refractivity (Wildman–Crippen MR) is 69.4 cm³/mol. The second-order valence-electron chi connectivity index (χ2n) is 3.98. The van der Waals surface area contributed by atoms with E-state index in [4.69, 9.17) is 16.3 Å². The van der Waals surface area contributed by atoms with Crippen LogP contribution in [0.3, 0.4) is 0 Å². The number of thioether (sulfide) groups is 1. The van der Waals surface area contributed by atoms with Crippen molar-refractivity contribution in [3.05, 3.63) is 28.8 Å². The quantitative estimate of drug-likeness (QED) is 0.896. The summed E-state index contributed by atoms with van der Waals surface area (Å²) in [6.45, 7) is 3.81. The van der Waals surface area contributed by atoms with E-state index in [0.29, 0.717) is 11.3 Å². The highest BCUT2D eigenvalue weighted by Crippen LogP contribution is 2.34. The molecule has 0 saturated carbocycles. The summed E-state index contributed by atoms with van der Waals surface area (Å²) in [5, 5.41) is 4.62. The first-order valence-corrected chi connectivity index (χ1v) is 6.67. The molecule has 16 heavy (non-hydrogen) atoms. The summed E-state index contributed by atoms with van der Waals surface area (Å²) < 4.78 is 5.15. The normalized spacial score (nSPS) is 18.2. The maximum atomic E-state index is 6.27. The molecule has 0 spiro atoms. The topological polar surface area (TPSA) is 21.3 Å². The van der Waals surface area contributed by atoms with E-state index in [1.54, 1.807) is 0 Å². The molecule has 88 valence electrons. The van der Waals surface area contributed by atoms with Crippen molar-refractivity contribution in [3.8, 4) is 0 Å². The number of ether oxygens (including phenoxy) is 1. The number of benzene rings is 1. The Hall–Kier alpha value is -0.220. The van der Waals surface area contributed by atoms with Crippen molar-refractivity contribution in [1.82, 2.24) is 5.32 Å². The minimum Gasteiger partial charge on any atom is -0.379 e. The highest BCUT2D eigenvalue weighted by atomic mass is 35.5. The van der Waals surface area contributed by atoms with E-state index in [-0.39, 0.29) is 0 Å². The largest absolute Gasteiger partial charge is 0.379 e. The Balaban J connectivity index is 2.09. The molecular weight excluding hydrogens is 242 g/mol. The first-order valence-electron chi connectivity index (χ1n) is 5.42. The van der Waals surface area contributed by atoms with Gasteiger partial charge in [0.2, 0.25) is 0 Å². The van der Waals surface area contributed by atoms with E-state index in [1.807, 2.05) is 24.9 Å². The zero-order valence-corrected chi connectivity index (χ0v) is 11.1. The SMILES string of the molecule is CNC(C)c1ccc(SC2COC2)c(Cl)c1. The maximum absolute atomic E-state index is 6.27. The highest BCUT2D eigenvalue weighted by molar-refractivity contribution is 8.00. The van der Waals surface area contributed by atoms with Crippen LogP contribution in [-0.4, -0.2) is 25.5 Å². The lowest BCUT2D eigenvalue weighted by molar-refractivity contribution is 0.0455. The van der Waals surface area contributed by atoms with Crippen LogP contribution in [0, 0.1) is 0 Å². The van der Waals surface area contributed by atoms with Gasteiger partial charge in [-0.15, -0.1) is 11.8 Å². The molecule has 2 rings (SSSR count). The molecular formula is C12H16ClNOS. The standard InChI is InChI=1S/C12H16ClNOS/c1-8(14-2)9-3-4-12(11(13)5-9)16-10-6-15-7-10/h3-5,8,10,14H,6-7H2,1-2H3. The molecule has 0 aromatic heterocycles. The van der Waals surface area contributed by atoms with Crippen LogP contribution in [-0.2, 0) is 4.74 Å². The van der Waals surface area contributed by atoms with Crippen LogP contribution in [0.15, 0.2) is 23.1 Å². The molecule has 0 amide bonds. The fraction of sp³-hybridized carbons (Fsp3) is 0.500.